The molecule has 0 N–H and O–H groups in total. The van der Waals surface area contributed by atoms with Crippen molar-refractivity contribution in [3.05, 3.63) is 78.0 Å². The second kappa shape index (κ2) is 9.00. The minimum Gasteiger partial charge on any atom is -0.378 e. The van der Waals surface area contributed by atoms with Gasteiger partial charge in [0.05, 0.1) is 28.9 Å². The van der Waals surface area contributed by atoms with Gasteiger partial charge in [0.25, 0.3) is 5.91 Å². The van der Waals surface area contributed by atoms with Gasteiger partial charge in [-0.2, -0.15) is 0 Å². The highest BCUT2D eigenvalue weighted by molar-refractivity contribution is 5.97. The maximum atomic E-state index is 13.2. The van der Waals surface area contributed by atoms with Crippen LogP contribution in [0.5, 0.6) is 0 Å². The fraction of sp³-hybridized carbons (Fsp3) is 0.407. The zero-order valence-electron chi connectivity index (χ0n) is 18.6. The van der Waals surface area contributed by atoms with E-state index in [-0.39, 0.29) is 23.7 Å². The number of hydrogen-bond acceptors (Lipinski definition) is 4. The van der Waals surface area contributed by atoms with E-state index in [0.717, 1.165) is 36.6 Å². The first-order chi connectivity index (χ1) is 15.7. The van der Waals surface area contributed by atoms with Gasteiger partial charge in [0.15, 0.2) is 0 Å². The number of benzene rings is 2. The lowest BCUT2D eigenvalue weighted by atomic mass is 9.80. The summed E-state index contributed by atoms with van der Waals surface area (Å²) in [7, 11) is 0. The standard InChI is InChI=1S/C27H30N2O3/c1-2-31-23-17-25(20-8-4-3-5-9-20)32-27(18-23)12-14-29(15-13-27)26(30)22-16-21-10-6-7-11-24(21)28-19-22/h3-11,16,19,23,25H,2,12-15,17-18H2,1H3/t23-,25-/m0/s1. The number of pyridine rings is 1. The number of hydrogen-bond donors (Lipinski definition) is 0. The van der Waals surface area contributed by atoms with Crippen molar-refractivity contribution >= 4 is 16.8 Å². The number of rotatable bonds is 4. The third-order valence-electron chi connectivity index (χ3n) is 6.84. The Balaban J connectivity index is 1.30. The van der Waals surface area contributed by atoms with E-state index < -0.39 is 0 Å². The van der Waals surface area contributed by atoms with Crippen molar-refractivity contribution in [1.82, 2.24) is 9.88 Å². The first kappa shape index (κ1) is 21.1. The number of ether oxygens (including phenoxy) is 2. The Kier molecular flexibility index (Phi) is 5.94. The number of carbonyl (C=O) groups is 1. The monoisotopic (exact) mass is 430 g/mol. The molecule has 5 heteroatoms. The maximum Gasteiger partial charge on any atom is 0.255 e. The Labute approximate surface area is 189 Å². The number of likely N-dealkylation sites (tertiary alicyclic amines) is 1. The van der Waals surface area contributed by atoms with E-state index in [2.05, 4.69) is 36.2 Å². The number of fused-ring (bicyclic) bond motifs is 1. The number of amides is 1. The van der Waals surface area contributed by atoms with Crippen LogP contribution in [0.2, 0.25) is 0 Å². The molecular weight excluding hydrogens is 400 g/mol. The molecule has 5 nitrogen and oxygen atoms in total. The molecule has 0 aliphatic carbocycles. The summed E-state index contributed by atoms with van der Waals surface area (Å²) in [6.07, 6.45) is 5.34. The lowest BCUT2D eigenvalue weighted by Gasteiger charge is -2.48. The highest BCUT2D eigenvalue weighted by atomic mass is 16.5. The van der Waals surface area contributed by atoms with E-state index in [9.17, 15) is 4.79 Å². The van der Waals surface area contributed by atoms with Crippen LogP contribution in [0.1, 0.15) is 54.6 Å². The Morgan fingerprint density at radius 3 is 2.66 bits per heavy atom. The van der Waals surface area contributed by atoms with Crippen molar-refractivity contribution in [1.29, 1.82) is 0 Å². The molecule has 2 aliphatic heterocycles. The van der Waals surface area contributed by atoms with Gasteiger partial charge in [0, 0.05) is 44.1 Å². The van der Waals surface area contributed by atoms with Crippen LogP contribution in [-0.4, -0.2) is 47.2 Å². The Morgan fingerprint density at radius 2 is 1.88 bits per heavy atom. The number of nitrogens with zero attached hydrogens (tertiary/aromatic N) is 2. The molecule has 1 aromatic heterocycles. The van der Waals surface area contributed by atoms with E-state index in [4.69, 9.17) is 9.47 Å². The Bertz CT molecular complexity index is 1080. The molecule has 166 valence electrons. The average Bonchev–Trinajstić information content (AvgIpc) is 2.84. The Morgan fingerprint density at radius 1 is 1.12 bits per heavy atom. The van der Waals surface area contributed by atoms with E-state index >= 15 is 0 Å². The van der Waals surface area contributed by atoms with Crippen LogP contribution in [0.4, 0.5) is 0 Å². The van der Waals surface area contributed by atoms with Crippen LogP contribution >= 0.6 is 0 Å². The molecular formula is C27H30N2O3. The summed E-state index contributed by atoms with van der Waals surface area (Å²) in [5, 5.41) is 0.993. The zero-order chi connectivity index (χ0) is 22.0. The second-order valence-corrected chi connectivity index (χ2v) is 8.93. The van der Waals surface area contributed by atoms with Crippen molar-refractivity contribution in [2.24, 2.45) is 0 Å². The summed E-state index contributed by atoms with van der Waals surface area (Å²) >= 11 is 0. The SMILES string of the molecule is CCO[C@H]1C[C@@H](c2ccccc2)OC2(CCN(C(=O)c3cnc4ccccc4c3)CC2)C1. The smallest absolute Gasteiger partial charge is 0.255 e. The number of aromatic nitrogens is 1. The van der Waals surface area contributed by atoms with Crippen molar-refractivity contribution in [3.8, 4) is 0 Å². The minimum absolute atomic E-state index is 0.0356. The number of carbonyl (C=O) groups excluding carboxylic acids is 1. The number of para-hydroxylation sites is 1. The van der Waals surface area contributed by atoms with Crippen molar-refractivity contribution in [3.63, 3.8) is 0 Å². The average molecular weight is 431 g/mol. The summed E-state index contributed by atoms with van der Waals surface area (Å²) in [6.45, 7) is 4.14. The van der Waals surface area contributed by atoms with Crippen LogP contribution in [-0.2, 0) is 9.47 Å². The summed E-state index contributed by atoms with van der Waals surface area (Å²) in [4.78, 5) is 19.6. The molecule has 2 aliphatic rings. The van der Waals surface area contributed by atoms with Gasteiger partial charge in [-0.1, -0.05) is 48.5 Å². The summed E-state index contributed by atoms with van der Waals surface area (Å²) in [5.41, 5.74) is 2.53. The number of piperidine rings is 1. The molecule has 1 spiro atoms. The lowest BCUT2D eigenvalue weighted by Crippen LogP contribution is -2.52. The van der Waals surface area contributed by atoms with Crippen molar-refractivity contribution < 1.29 is 14.3 Å². The third-order valence-corrected chi connectivity index (χ3v) is 6.84. The van der Waals surface area contributed by atoms with Crippen molar-refractivity contribution in [2.75, 3.05) is 19.7 Å². The molecule has 0 unspecified atom stereocenters. The molecule has 3 heterocycles. The van der Waals surface area contributed by atoms with E-state index in [1.165, 1.54) is 5.56 Å². The molecule has 2 fully saturated rings. The fourth-order valence-corrected chi connectivity index (χ4v) is 5.18. The molecule has 0 saturated carbocycles. The van der Waals surface area contributed by atoms with Gasteiger partial charge >= 0.3 is 0 Å². The topological polar surface area (TPSA) is 51.7 Å². The molecule has 2 aromatic carbocycles. The first-order valence-corrected chi connectivity index (χ1v) is 11.6. The van der Waals surface area contributed by atoms with Gasteiger partial charge < -0.3 is 14.4 Å². The molecule has 5 rings (SSSR count). The highest BCUT2D eigenvalue weighted by Gasteiger charge is 2.45. The van der Waals surface area contributed by atoms with E-state index in [0.29, 0.717) is 25.3 Å². The molecule has 2 saturated heterocycles. The third kappa shape index (κ3) is 4.27. The second-order valence-electron chi connectivity index (χ2n) is 8.93. The van der Waals surface area contributed by atoms with Gasteiger partial charge in [-0.25, -0.2) is 0 Å². The quantitative estimate of drug-likeness (QED) is 0.573. The summed E-state index contributed by atoms with van der Waals surface area (Å²) < 4.78 is 12.8. The molecule has 2 atom stereocenters. The molecule has 0 bridgehead atoms. The fourth-order valence-electron chi connectivity index (χ4n) is 5.18. The summed E-state index contributed by atoms with van der Waals surface area (Å²) in [6, 6.07) is 20.3. The van der Waals surface area contributed by atoms with Crippen LogP contribution in [0.3, 0.4) is 0 Å². The molecule has 0 radical (unpaired) electrons. The van der Waals surface area contributed by atoms with Crippen LogP contribution in [0.25, 0.3) is 10.9 Å². The van der Waals surface area contributed by atoms with Crippen molar-refractivity contribution in [2.45, 2.75) is 50.4 Å². The van der Waals surface area contributed by atoms with Gasteiger partial charge in [-0.3, -0.25) is 9.78 Å². The molecule has 32 heavy (non-hydrogen) atoms. The molecule has 1 amide bonds. The summed E-state index contributed by atoms with van der Waals surface area (Å²) in [5.74, 6) is 0.0508. The predicted molar refractivity (Wildman–Crippen MR) is 125 cm³/mol. The predicted octanol–water partition coefficient (Wildman–Crippen LogP) is 5.17. The van der Waals surface area contributed by atoms with Crippen LogP contribution in [0, 0.1) is 0 Å². The maximum absolute atomic E-state index is 13.2. The normalized spacial score (nSPS) is 22.8. The Hall–Kier alpha value is -2.76. The largest absolute Gasteiger partial charge is 0.378 e. The van der Waals surface area contributed by atoms with Gasteiger partial charge in [0.2, 0.25) is 0 Å². The van der Waals surface area contributed by atoms with E-state index in [1.807, 2.05) is 41.3 Å². The van der Waals surface area contributed by atoms with E-state index in [1.54, 1.807) is 6.20 Å². The van der Waals surface area contributed by atoms with Gasteiger partial charge in [-0.05, 0) is 37.5 Å². The lowest BCUT2D eigenvalue weighted by molar-refractivity contribution is -0.190. The highest BCUT2D eigenvalue weighted by Crippen LogP contribution is 2.44. The minimum atomic E-state index is -0.239. The first-order valence-electron chi connectivity index (χ1n) is 11.6. The van der Waals surface area contributed by atoms with Gasteiger partial charge in [-0.15, -0.1) is 0 Å². The zero-order valence-corrected chi connectivity index (χ0v) is 18.6. The van der Waals surface area contributed by atoms with Crippen LogP contribution in [0.15, 0.2) is 66.9 Å². The van der Waals surface area contributed by atoms with Gasteiger partial charge in [0.1, 0.15) is 0 Å². The molecule has 3 aromatic rings. The van der Waals surface area contributed by atoms with Crippen LogP contribution < -0.4 is 0 Å².